The van der Waals surface area contributed by atoms with Gasteiger partial charge in [-0.3, -0.25) is 0 Å². The van der Waals surface area contributed by atoms with E-state index in [-0.39, 0.29) is 23.4 Å². The van der Waals surface area contributed by atoms with Crippen LogP contribution < -0.4 is 5.32 Å². The summed E-state index contributed by atoms with van der Waals surface area (Å²) in [7, 11) is 3.37. The highest BCUT2D eigenvalue weighted by molar-refractivity contribution is 5.90. The smallest absolute Gasteiger partial charge is 0.322 e. The van der Waals surface area contributed by atoms with Crippen LogP contribution >= 0.6 is 0 Å². The Balaban J connectivity index is 1.86. The van der Waals surface area contributed by atoms with Gasteiger partial charge in [0.2, 0.25) is 0 Å². The van der Waals surface area contributed by atoms with Crippen molar-refractivity contribution in [1.29, 1.82) is 0 Å². The number of aryl methyl sites for hydroxylation is 1. The average molecular weight is 365 g/mol. The Morgan fingerprint density at radius 1 is 1.38 bits per heavy atom. The number of anilines is 1. The molecule has 1 aliphatic rings. The van der Waals surface area contributed by atoms with Crippen molar-refractivity contribution in [2.24, 2.45) is 7.05 Å². The van der Waals surface area contributed by atoms with E-state index in [0.717, 1.165) is 6.92 Å². The van der Waals surface area contributed by atoms with E-state index < -0.39 is 12.0 Å². The lowest BCUT2D eigenvalue weighted by molar-refractivity contribution is 0.0182. The largest absolute Gasteiger partial charge is 0.380 e. The van der Waals surface area contributed by atoms with Crippen molar-refractivity contribution in [3.63, 3.8) is 0 Å². The number of halogens is 2. The van der Waals surface area contributed by atoms with Gasteiger partial charge in [0.1, 0.15) is 6.33 Å². The van der Waals surface area contributed by atoms with Crippen LogP contribution in [0.3, 0.4) is 0 Å². The number of alkyl halides is 2. The molecule has 1 aromatic carbocycles. The van der Waals surface area contributed by atoms with E-state index in [0.29, 0.717) is 18.8 Å². The molecule has 2 amide bonds. The molecule has 1 aliphatic heterocycles. The molecule has 0 aliphatic carbocycles. The Kier molecular flexibility index (Phi) is 4.90. The van der Waals surface area contributed by atoms with Gasteiger partial charge >= 0.3 is 6.03 Å². The molecule has 2 heterocycles. The number of aromatic nitrogens is 3. The first-order chi connectivity index (χ1) is 12.3. The zero-order chi connectivity index (χ0) is 18.9. The standard InChI is InChI=1S/C17H21F2N5O2/c1-17(18,19)12-6-4-5-7-13(12)21-16(25)24-9-11(26-3)8-14(24)15-22-20-10-23(15)2/h4-7,10-11,14H,8-9H2,1-3H3,(H,21,25)/t11-,14+/m1/s1. The molecular weight excluding hydrogens is 344 g/mol. The van der Waals surface area contributed by atoms with E-state index in [1.807, 2.05) is 0 Å². The number of hydrogen-bond donors (Lipinski definition) is 1. The van der Waals surface area contributed by atoms with Crippen molar-refractivity contribution in [2.75, 3.05) is 19.0 Å². The van der Waals surface area contributed by atoms with Gasteiger partial charge in [-0.2, -0.15) is 0 Å². The summed E-state index contributed by atoms with van der Waals surface area (Å²) in [5.41, 5.74) is -0.145. The number of ether oxygens (including phenoxy) is 1. The summed E-state index contributed by atoms with van der Waals surface area (Å²) in [6.07, 6.45) is 1.95. The molecule has 2 atom stereocenters. The molecule has 2 aromatic rings. The van der Waals surface area contributed by atoms with Gasteiger partial charge in [-0.25, -0.2) is 13.6 Å². The fraction of sp³-hybridized carbons (Fsp3) is 0.471. The lowest BCUT2D eigenvalue weighted by Gasteiger charge is -2.25. The number of rotatable bonds is 4. The number of urea groups is 1. The molecule has 9 heteroatoms. The number of nitrogens with zero attached hydrogens (tertiary/aromatic N) is 4. The Labute approximate surface area is 150 Å². The summed E-state index contributed by atoms with van der Waals surface area (Å²) >= 11 is 0. The number of hydrogen-bond acceptors (Lipinski definition) is 4. The Morgan fingerprint density at radius 2 is 2.12 bits per heavy atom. The third-order valence-electron chi connectivity index (χ3n) is 4.54. The quantitative estimate of drug-likeness (QED) is 0.904. The minimum absolute atomic E-state index is 0.0857. The third kappa shape index (κ3) is 3.52. The van der Waals surface area contributed by atoms with Crippen molar-refractivity contribution in [3.8, 4) is 0 Å². The first kappa shape index (κ1) is 18.2. The fourth-order valence-corrected chi connectivity index (χ4v) is 3.19. The lowest BCUT2D eigenvalue weighted by atomic mass is 10.1. The second-order valence-electron chi connectivity index (χ2n) is 6.43. The summed E-state index contributed by atoms with van der Waals surface area (Å²) in [6.45, 7) is 1.14. The molecule has 0 radical (unpaired) electrons. The van der Waals surface area contributed by atoms with Gasteiger partial charge in [0.15, 0.2) is 5.82 Å². The highest BCUT2D eigenvalue weighted by atomic mass is 19.3. The summed E-state index contributed by atoms with van der Waals surface area (Å²) in [5.74, 6) is -2.44. The number of carbonyl (C=O) groups excluding carboxylic acids is 1. The monoisotopic (exact) mass is 365 g/mol. The molecule has 0 saturated carbocycles. The minimum Gasteiger partial charge on any atom is -0.380 e. The highest BCUT2D eigenvalue weighted by Gasteiger charge is 2.39. The van der Waals surface area contributed by atoms with Gasteiger partial charge in [0.25, 0.3) is 5.92 Å². The number of benzene rings is 1. The van der Waals surface area contributed by atoms with E-state index >= 15 is 0 Å². The topological polar surface area (TPSA) is 72.3 Å². The van der Waals surface area contributed by atoms with Crippen LogP contribution in [-0.2, 0) is 17.7 Å². The third-order valence-corrected chi connectivity index (χ3v) is 4.54. The number of para-hydroxylation sites is 1. The van der Waals surface area contributed by atoms with Crippen LogP contribution in [-0.4, -0.2) is 45.5 Å². The van der Waals surface area contributed by atoms with Crippen molar-refractivity contribution in [1.82, 2.24) is 19.7 Å². The molecule has 7 nitrogen and oxygen atoms in total. The van der Waals surface area contributed by atoms with Crippen LogP contribution in [0.1, 0.15) is 30.8 Å². The maximum Gasteiger partial charge on any atom is 0.322 e. The molecule has 0 spiro atoms. The van der Waals surface area contributed by atoms with E-state index in [1.165, 1.54) is 18.2 Å². The van der Waals surface area contributed by atoms with Gasteiger partial charge in [0.05, 0.1) is 17.8 Å². The van der Waals surface area contributed by atoms with E-state index in [1.54, 1.807) is 36.0 Å². The van der Waals surface area contributed by atoms with E-state index in [4.69, 9.17) is 4.74 Å². The molecule has 1 fully saturated rings. The van der Waals surface area contributed by atoms with Gasteiger partial charge in [-0.15, -0.1) is 10.2 Å². The van der Waals surface area contributed by atoms with Crippen LogP contribution in [0.4, 0.5) is 19.3 Å². The molecule has 3 rings (SSSR count). The molecule has 0 bridgehead atoms. The molecule has 26 heavy (non-hydrogen) atoms. The van der Waals surface area contributed by atoms with Crippen LogP contribution in [0, 0.1) is 0 Å². The average Bonchev–Trinajstić information content (AvgIpc) is 3.20. The molecule has 1 aromatic heterocycles. The molecular formula is C17H21F2N5O2. The van der Waals surface area contributed by atoms with Crippen molar-refractivity contribution < 1.29 is 18.3 Å². The summed E-state index contributed by atoms with van der Waals surface area (Å²) < 4.78 is 34.7. The normalized spacial score (nSPS) is 20.4. The Bertz CT molecular complexity index is 789. The van der Waals surface area contributed by atoms with Crippen LogP contribution in [0.15, 0.2) is 30.6 Å². The Morgan fingerprint density at radius 3 is 2.73 bits per heavy atom. The summed E-state index contributed by atoms with van der Waals surface area (Å²) in [5, 5.41) is 10.5. The second kappa shape index (κ2) is 6.99. The number of amides is 2. The van der Waals surface area contributed by atoms with Crippen molar-refractivity contribution in [3.05, 3.63) is 42.0 Å². The van der Waals surface area contributed by atoms with Crippen molar-refractivity contribution >= 4 is 11.7 Å². The van der Waals surface area contributed by atoms with E-state index in [2.05, 4.69) is 15.5 Å². The summed E-state index contributed by atoms with van der Waals surface area (Å²) in [4.78, 5) is 14.4. The lowest BCUT2D eigenvalue weighted by Crippen LogP contribution is -2.37. The van der Waals surface area contributed by atoms with E-state index in [9.17, 15) is 13.6 Å². The Hall–Kier alpha value is -2.55. The first-order valence-corrected chi connectivity index (χ1v) is 8.23. The van der Waals surface area contributed by atoms with Gasteiger partial charge in [-0.05, 0) is 6.07 Å². The second-order valence-corrected chi connectivity index (χ2v) is 6.43. The highest BCUT2D eigenvalue weighted by Crippen LogP contribution is 2.35. The van der Waals surface area contributed by atoms with Gasteiger partial charge in [0, 0.05) is 39.6 Å². The van der Waals surface area contributed by atoms with Crippen molar-refractivity contribution in [2.45, 2.75) is 31.4 Å². The predicted octanol–water partition coefficient (Wildman–Crippen LogP) is 2.92. The number of likely N-dealkylation sites (tertiary alicyclic amines) is 1. The SMILES string of the molecule is CO[C@@H]1C[C@@H](c2nncn2C)N(C(=O)Nc2ccccc2C(C)(F)F)C1. The molecule has 1 N–H and O–H groups in total. The first-order valence-electron chi connectivity index (χ1n) is 8.23. The molecule has 0 unspecified atom stereocenters. The van der Waals surface area contributed by atoms with Gasteiger partial charge in [-0.1, -0.05) is 18.2 Å². The fourth-order valence-electron chi connectivity index (χ4n) is 3.19. The molecule has 1 saturated heterocycles. The predicted molar refractivity (Wildman–Crippen MR) is 90.9 cm³/mol. The van der Waals surface area contributed by atoms with Gasteiger partial charge < -0.3 is 19.5 Å². The maximum atomic E-state index is 13.8. The molecule has 140 valence electrons. The van der Waals surface area contributed by atoms with Crippen LogP contribution in [0.25, 0.3) is 0 Å². The maximum absolute atomic E-state index is 13.8. The summed E-state index contributed by atoms with van der Waals surface area (Å²) in [6, 6.07) is 5.06. The minimum atomic E-state index is -3.06. The zero-order valence-corrected chi connectivity index (χ0v) is 14.8. The zero-order valence-electron chi connectivity index (χ0n) is 14.8. The number of carbonyl (C=O) groups is 1. The van der Waals surface area contributed by atoms with Crippen LogP contribution in [0.2, 0.25) is 0 Å². The van der Waals surface area contributed by atoms with Crippen LogP contribution in [0.5, 0.6) is 0 Å². The number of nitrogens with one attached hydrogen (secondary N) is 1. The number of methoxy groups -OCH3 is 1.